The Kier molecular flexibility index (Phi) is 3.97. The van der Waals surface area contributed by atoms with Gasteiger partial charge in [-0.15, -0.1) is 0 Å². The van der Waals surface area contributed by atoms with Gasteiger partial charge >= 0.3 is 0 Å². The summed E-state index contributed by atoms with van der Waals surface area (Å²) in [5.41, 5.74) is 0.878. The highest BCUT2D eigenvalue weighted by Crippen LogP contribution is 2.27. The van der Waals surface area contributed by atoms with Gasteiger partial charge in [0.1, 0.15) is 5.69 Å². The second-order valence-corrected chi connectivity index (χ2v) is 4.82. The molecule has 1 fully saturated rings. The van der Waals surface area contributed by atoms with Gasteiger partial charge < -0.3 is 10.6 Å². The summed E-state index contributed by atoms with van der Waals surface area (Å²) in [6.07, 6.45) is 1.83. The number of nitriles is 1. The van der Waals surface area contributed by atoms with E-state index in [0.717, 1.165) is 19.4 Å². The summed E-state index contributed by atoms with van der Waals surface area (Å²) in [6.45, 7) is 2.98. The van der Waals surface area contributed by atoms with Gasteiger partial charge in [0, 0.05) is 18.2 Å². The summed E-state index contributed by atoms with van der Waals surface area (Å²) in [6, 6.07) is 6.99. The normalized spacial score (nSPS) is 22.5. The van der Waals surface area contributed by atoms with Gasteiger partial charge in [0.05, 0.1) is 16.6 Å². The van der Waals surface area contributed by atoms with Crippen LogP contribution in [0.4, 0.5) is 11.4 Å². The molecule has 0 amide bonds. The minimum atomic E-state index is -0.423. The van der Waals surface area contributed by atoms with Crippen LogP contribution in [0.5, 0.6) is 0 Å². The number of nitrogens with zero attached hydrogens (tertiary/aromatic N) is 2. The monoisotopic (exact) mass is 260 g/mol. The van der Waals surface area contributed by atoms with Gasteiger partial charge in [0.2, 0.25) is 0 Å². The highest BCUT2D eigenvalue weighted by molar-refractivity contribution is 5.64. The van der Waals surface area contributed by atoms with Crippen molar-refractivity contribution in [3.63, 3.8) is 0 Å². The average Bonchev–Trinajstić information content (AvgIpc) is 2.38. The van der Waals surface area contributed by atoms with Gasteiger partial charge in [-0.05, 0) is 38.4 Å². The molecule has 2 unspecified atom stereocenters. The minimum absolute atomic E-state index is 0.0187. The molecule has 100 valence electrons. The number of benzene rings is 1. The minimum Gasteiger partial charge on any atom is -0.377 e. The molecule has 1 aromatic carbocycles. The topological polar surface area (TPSA) is 91.0 Å². The first-order chi connectivity index (χ1) is 9.10. The second kappa shape index (κ2) is 5.67. The van der Waals surface area contributed by atoms with E-state index in [2.05, 4.69) is 17.6 Å². The lowest BCUT2D eigenvalue weighted by atomic mass is 10.00. The average molecular weight is 260 g/mol. The Morgan fingerprint density at radius 1 is 1.58 bits per heavy atom. The molecule has 0 aromatic heterocycles. The molecule has 1 heterocycles. The van der Waals surface area contributed by atoms with Gasteiger partial charge in [-0.1, -0.05) is 0 Å². The summed E-state index contributed by atoms with van der Waals surface area (Å²) in [5, 5.41) is 26.4. The van der Waals surface area contributed by atoms with Gasteiger partial charge in [0.25, 0.3) is 5.69 Å². The van der Waals surface area contributed by atoms with E-state index in [1.165, 1.54) is 12.1 Å². The standard InChI is InChI=1S/C13H16N4O2/c1-9-6-11(4-5-15-9)16-12-7-10(8-14)2-3-13(12)17(18)19/h2-3,7,9,11,15-16H,4-6H2,1H3. The van der Waals surface area contributed by atoms with Crippen molar-refractivity contribution in [2.45, 2.75) is 31.8 Å². The van der Waals surface area contributed by atoms with E-state index in [4.69, 9.17) is 5.26 Å². The van der Waals surface area contributed by atoms with Crippen molar-refractivity contribution in [1.29, 1.82) is 5.26 Å². The van der Waals surface area contributed by atoms with Crippen molar-refractivity contribution in [2.75, 3.05) is 11.9 Å². The molecule has 2 atom stereocenters. The van der Waals surface area contributed by atoms with Crippen LogP contribution < -0.4 is 10.6 Å². The van der Waals surface area contributed by atoms with Gasteiger partial charge in [0.15, 0.2) is 0 Å². The molecule has 0 aliphatic carbocycles. The number of nitro groups is 1. The first-order valence-electron chi connectivity index (χ1n) is 6.28. The molecule has 0 saturated carbocycles. The number of nitro benzene ring substituents is 1. The Bertz CT molecular complexity index is 524. The molecule has 0 spiro atoms. The molecular formula is C13H16N4O2. The lowest BCUT2D eigenvalue weighted by molar-refractivity contribution is -0.384. The van der Waals surface area contributed by atoms with E-state index in [0.29, 0.717) is 17.3 Å². The second-order valence-electron chi connectivity index (χ2n) is 4.82. The maximum atomic E-state index is 11.0. The van der Waals surface area contributed by atoms with Crippen LogP contribution in [0.1, 0.15) is 25.3 Å². The maximum absolute atomic E-state index is 11.0. The fourth-order valence-electron chi connectivity index (χ4n) is 2.36. The molecule has 1 aromatic rings. The van der Waals surface area contributed by atoms with E-state index >= 15 is 0 Å². The Morgan fingerprint density at radius 3 is 3.00 bits per heavy atom. The molecular weight excluding hydrogens is 244 g/mol. The molecule has 0 radical (unpaired) electrons. The van der Waals surface area contributed by atoms with Crippen molar-refractivity contribution in [3.8, 4) is 6.07 Å². The molecule has 0 bridgehead atoms. The highest BCUT2D eigenvalue weighted by atomic mass is 16.6. The summed E-state index contributed by atoms with van der Waals surface area (Å²) >= 11 is 0. The summed E-state index contributed by atoms with van der Waals surface area (Å²) < 4.78 is 0. The Morgan fingerprint density at radius 2 is 2.37 bits per heavy atom. The Balaban J connectivity index is 2.22. The smallest absolute Gasteiger partial charge is 0.292 e. The van der Waals surface area contributed by atoms with Crippen LogP contribution in [-0.4, -0.2) is 23.6 Å². The third-order valence-corrected chi connectivity index (χ3v) is 3.31. The largest absolute Gasteiger partial charge is 0.377 e. The van der Waals surface area contributed by atoms with Gasteiger partial charge in [-0.3, -0.25) is 10.1 Å². The number of rotatable bonds is 3. The van der Waals surface area contributed by atoms with E-state index in [1.807, 2.05) is 6.07 Å². The van der Waals surface area contributed by atoms with Crippen molar-refractivity contribution < 1.29 is 4.92 Å². The maximum Gasteiger partial charge on any atom is 0.292 e. The van der Waals surface area contributed by atoms with Crippen LogP contribution in [0.25, 0.3) is 0 Å². The number of hydrogen-bond donors (Lipinski definition) is 2. The third kappa shape index (κ3) is 3.20. The van der Waals surface area contributed by atoms with E-state index in [1.54, 1.807) is 6.07 Å². The molecule has 19 heavy (non-hydrogen) atoms. The van der Waals surface area contributed by atoms with Gasteiger partial charge in [-0.2, -0.15) is 5.26 Å². The molecule has 2 rings (SSSR count). The van der Waals surface area contributed by atoms with Crippen LogP contribution >= 0.6 is 0 Å². The molecule has 1 aliphatic rings. The fraction of sp³-hybridized carbons (Fsp3) is 0.462. The molecule has 6 heteroatoms. The van der Waals surface area contributed by atoms with Crippen LogP contribution in [0.2, 0.25) is 0 Å². The predicted molar refractivity (Wildman–Crippen MR) is 71.9 cm³/mol. The number of hydrogen-bond acceptors (Lipinski definition) is 5. The zero-order chi connectivity index (χ0) is 13.8. The third-order valence-electron chi connectivity index (χ3n) is 3.31. The van der Waals surface area contributed by atoms with Crippen molar-refractivity contribution in [2.24, 2.45) is 0 Å². The lowest BCUT2D eigenvalue weighted by Crippen LogP contribution is -2.41. The molecule has 6 nitrogen and oxygen atoms in total. The van der Waals surface area contributed by atoms with Gasteiger partial charge in [-0.25, -0.2) is 0 Å². The fourth-order valence-corrected chi connectivity index (χ4v) is 2.36. The summed E-state index contributed by atoms with van der Waals surface area (Å²) in [4.78, 5) is 10.6. The van der Waals surface area contributed by atoms with Crippen LogP contribution in [0, 0.1) is 21.4 Å². The van der Waals surface area contributed by atoms with E-state index in [-0.39, 0.29) is 11.7 Å². The number of nitrogens with one attached hydrogen (secondary N) is 2. The number of piperidine rings is 1. The zero-order valence-corrected chi connectivity index (χ0v) is 10.7. The Labute approximate surface area is 111 Å². The molecule has 1 aliphatic heterocycles. The van der Waals surface area contributed by atoms with Crippen LogP contribution in [-0.2, 0) is 0 Å². The lowest BCUT2D eigenvalue weighted by Gasteiger charge is -2.29. The molecule has 1 saturated heterocycles. The summed E-state index contributed by atoms with van der Waals surface area (Å²) in [7, 11) is 0. The van der Waals surface area contributed by atoms with E-state index in [9.17, 15) is 10.1 Å². The quantitative estimate of drug-likeness (QED) is 0.641. The first-order valence-corrected chi connectivity index (χ1v) is 6.28. The highest BCUT2D eigenvalue weighted by Gasteiger charge is 2.21. The van der Waals surface area contributed by atoms with Crippen LogP contribution in [0.3, 0.4) is 0 Å². The van der Waals surface area contributed by atoms with Crippen molar-refractivity contribution in [3.05, 3.63) is 33.9 Å². The first kappa shape index (κ1) is 13.3. The predicted octanol–water partition coefficient (Wildman–Crippen LogP) is 2.02. The van der Waals surface area contributed by atoms with Crippen LogP contribution in [0.15, 0.2) is 18.2 Å². The molecule has 2 N–H and O–H groups in total. The zero-order valence-electron chi connectivity index (χ0n) is 10.7. The van der Waals surface area contributed by atoms with E-state index < -0.39 is 4.92 Å². The van der Waals surface area contributed by atoms with Crippen molar-refractivity contribution >= 4 is 11.4 Å². The Hall–Kier alpha value is -2.13. The summed E-state index contributed by atoms with van der Waals surface area (Å²) in [5.74, 6) is 0. The number of anilines is 1. The SMILES string of the molecule is CC1CC(Nc2cc(C#N)ccc2[N+](=O)[O-])CCN1. The van der Waals surface area contributed by atoms with Crippen molar-refractivity contribution in [1.82, 2.24) is 5.32 Å².